The van der Waals surface area contributed by atoms with E-state index in [1.807, 2.05) is 25.1 Å². The van der Waals surface area contributed by atoms with Gasteiger partial charge in [-0.15, -0.1) is 0 Å². The predicted octanol–water partition coefficient (Wildman–Crippen LogP) is 3.84. The van der Waals surface area contributed by atoms with Crippen LogP contribution in [0.2, 0.25) is 5.02 Å². The number of amides is 1. The molecule has 0 aliphatic carbocycles. The van der Waals surface area contributed by atoms with E-state index >= 15 is 0 Å². The Balaban J connectivity index is 1.45. The fraction of sp³-hybridized carbons (Fsp3) is 0.375. The third kappa shape index (κ3) is 5.41. The number of nitrogens with one attached hydrogen (secondary N) is 1. The second-order valence-electron chi connectivity index (χ2n) is 7.81. The van der Waals surface area contributed by atoms with Gasteiger partial charge in [0.1, 0.15) is 19.0 Å². The standard InChI is InChI=1S/C24H26ClFN2O4/c1-16-15-28(9-10-30-16)20(24-18(25)3-2-4-19(24)26)14-27-23(29)8-6-17-5-7-21-22(13-17)32-12-11-31-21/h2-8,13,16,20H,9-12,14-15H2,1H3,(H,27,29)/b8-6-/t16-,20+/m1/s1. The van der Waals surface area contributed by atoms with Crippen molar-refractivity contribution in [2.45, 2.75) is 19.1 Å². The van der Waals surface area contributed by atoms with E-state index in [0.29, 0.717) is 55.0 Å². The molecule has 0 saturated carbocycles. The number of ether oxygens (including phenoxy) is 3. The number of morpholine rings is 1. The Kier molecular flexibility index (Phi) is 7.29. The Morgan fingerprint density at radius 1 is 1.25 bits per heavy atom. The Morgan fingerprint density at radius 3 is 2.84 bits per heavy atom. The molecular weight excluding hydrogens is 435 g/mol. The van der Waals surface area contributed by atoms with Gasteiger partial charge in [0.25, 0.3) is 0 Å². The van der Waals surface area contributed by atoms with Crippen molar-refractivity contribution >= 4 is 23.6 Å². The fourth-order valence-corrected chi connectivity index (χ4v) is 4.25. The highest BCUT2D eigenvalue weighted by Crippen LogP contribution is 2.32. The maximum Gasteiger partial charge on any atom is 0.244 e. The van der Waals surface area contributed by atoms with Crippen LogP contribution in [-0.4, -0.2) is 56.4 Å². The lowest BCUT2D eigenvalue weighted by molar-refractivity contribution is -0.116. The van der Waals surface area contributed by atoms with Gasteiger partial charge >= 0.3 is 0 Å². The zero-order valence-electron chi connectivity index (χ0n) is 17.9. The van der Waals surface area contributed by atoms with Crippen molar-refractivity contribution in [3.63, 3.8) is 0 Å². The first-order valence-corrected chi connectivity index (χ1v) is 11.0. The minimum atomic E-state index is -0.401. The molecule has 0 aromatic heterocycles. The molecule has 2 aliphatic rings. The molecule has 0 radical (unpaired) electrons. The van der Waals surface area contributed by atoms with Crippen LogP contribution in [0, 0.1) is 5.82 Å². The normalized spacial score (nSPS) is 19.7. The SMILES string of the molecule is C[C@@H]1CN([C@@H](CNC(=O)/C=C\c2ccc3c(c2)OCCO3)c2c(F)cccc2Cl)CCO1. The number of rotatable bonds is 6. The molecule has 0 unspecified atom stereocenters. The van der Waals surface area contributed by atoms with Crippen LogP contribution in [0.25, 0.3) is 6.08 Å². The molecule has 2 aliphatic heterocycles. The van der Waals surface area contributed by atoms with E-state index < -0.39 is 6.04 Å². The van der Waals surface area contributed by atoms with Crippen molar-refractivity contribution in [1.82, 2.24) is 10.2 Å². The van der Waals surface area contributed by atoms with Crippen molar-refractivity contribution in [3.8, 4) is 11.5 Å². The van der Waals surface area contributed by atoms with Crippen LogP contribution in [-0.2, 0) is 9.53 Å². The summed E-state index contributed by atoms with van der Waals surface area (Å²) in [7, 11) is 0. The summed E-state index contributed by atoms with van der Waals surface area (Å²) in [6, 6.07) is 9.74. The molecule has 2 aromatic rings. The molecule has 32 heavy (non-hydrogen) atoms. The smallest absolute Gasteiger partial charge is 0.244 e. The number of nitrogens with zero attached hydrogens (tertiary/aromatic N) is 1. The molecule has 4 rings (SSSR count). The van der Waals surface area contributed by atoms with E-state index in [0.717, 1.165) is 5.56 Å². The van der Waals surface area contributed by atoms with Crippen LogP contribution in [0.1, 0.15) is 24.1 Å². The molecule has 1 fully saturated rings. The second kappa shape index (κ2) is 10.3. The van der Waals surface area contributed by atoms with Gasteiger partial charge < -0.3 is 19.5 Å². The number of carbonyl (C=O) groups excluding carboxylic acids is 1. The van der Waals surface area contributed by atoms with E-state index in [-0.39, 0.29) is 24.4 Å². The van der Waals surface area contributed by atoms with Crippen molar-refractivity contribution < 1.29 is 23.4 Å². The van der Waals surface area contributed by atoms with E-state index in [2.05, 4.69) is 10.2 Å². The summed E-state index contributed by atoms with van der Waals surface area (Å²) in [6.45, 7) is 5.02. The first-order chi connectivity index (χ1) is 15.5. The lowest BCUT2D eigenvalue weighted by Crippen LogP contribution is -2.46. The molecule has 2 atom stereocenters. The predicted molar refractivity (Wildman–Crippen MR) is 121 cm³/mol. The molecule has 1 N–H and O–H groups in total. The molecule has 0 spiro atoms. The molecule has 0 bridgehead atoms. The van der Waals surface area contributed by atoms with Crippen LogP contribution in [0.3, 0.4) is 0 Å². The summed E-state index contributed by atoms with van der Waals surface area (Å²) in [5, 5.41) is 3.23. The molecule has 2 heterocycles. The summed E-state index contributed by atoms with van der Waals surface area (Å²) in [4.78, 5) is 14.6. The molecule has 1 saturated heterocycles. The number of fused-ring (bicyclic) bond motifs is 1. The molecule has 170 valence electrons. The Labute approximate surface area is 191 Å². The van der Waals surface area contributed by atoms with Crippen molar-refractivity contribution in [3.05, 3.63) is 64.4 Å². The third-order valence-electron chi connectivity index (χ3n) is 5.51. The Bertz CT molecular complexity index is 980. The zero-order chi connectivity index (χ0) is 22.5. The summed E-state index contributed by atoms with van der Waals surface area (Å²) in [5.41, 5.74) is 1.21. The quantitative estimate of drug-likeness (QED) is 0.664. The monoisotopic (exact) mass is 460 g/mol. The van der Waals surface area contributed by atoms with Gasteiger partial charge in [-0.25, -0.2) is 4.39 Å². The minimum Gasteiger partial charge on any atom is -0.486 e. The van der Waals surface area contributed by atoms with Gasteiger partial charge in [0.05, 0.1) is 18.8 Å². The number of halogens is 2. The number of hydrogen-bond acceptors (Lipinski definition) is 5. The summed E-state index contributed by atoms with van der Waals surface area (Å²) >= 11 is 6.35. The highest BCUT2D eigenvalue weighted by molar-refractivity contribution is 6.31. The summed E-state index contributed by atoms with van der Waals surface area (Å²) < 4.78 is 31.4. The third-order valence-corrected chi connectivity index (χ3v) is 5.84. The van der Waals surface area contributed by atoms with Gasteiger partial charge in [0, 0.05) is 36.3 Å². The lowest BCUT2D eigenvalue weighted by atomic mass is 10.0. The molecule has 2 aromatic carbocycles. The van der Waals surface area contributed by atoms with Gasteiger partial charge in [-0.1, -0.05) is 23.7 Å². The van der Waals surface area contributed by atoms with Gasteiger partial charge in [0.15, 0.2) is 11.5 Å². The van der Waals surface area contributed by atoms with Gasteiger partial charge in [-0.05, 0) is 42.8 Å². The topological polar surface area (TPSA) is 60.0 Å². The first-order valence-electron chi connectivity index (χ1n) is 10.7. The van der Waals surface area contributed by atoms with Crippen LogP contribution < -0.4 is 14.8 Å². The van der Waals surface area contributed by atoms with Crippen LogP contribution >= 0.6 is 11.6 Å². The molecule has 8 heteroatoms. The maximum atomic E-state index is 14.7. The van der Waals surface area contributed by atoms with Crippen molar-refractivity contribution in [1.29, 1.82) is 0 Å². The number of benzene rings is 2. The van der Waals surface area contributed by atoms with Crippen LogP contribution in [0.4, 0.5) is 4.39 Å². The Hall–Kier alpha value is -2.61. The molecule has 6 nitrogen and oxygen atoms in total. The van der Waals surface area contributed by atoms with Crippen LogP contribution in [0.15, 0.2) is 42.5 Å². The largest absolute Gasteiger partial charge is 0.486 e. The fourth-order valence-electron chi connectivity index (χ4n) is 3.96. The lowest BCUT2D eigenvalue weighted by Gasteiger charge is -2.38. The second-order valence-corrected chi connectivity index (χ2v) is 8.22. The van der Waals surface area contributed by atoms with E-state index in [1.165, 1.54) is 12.1 Å². The zero-order valence-corrected chi connectivity index (χ0v) is 18.6. The van der Waals surface area contributed by atoms with Crippen LogP contribution in [0.5, 0.6) is 11.5 Å². The first kappa shape index (κ1) is 22.6. The van der Waals surface area contributed by atoms with Gasteiger partial charge in [-0.3, -0.25) is 9.69 Å². The average molecular weight is 461 g/mol. The highest BCUT2D eigenvalue weighted by atomic mass is 35.5. The number of hydrogen-bond donors (Lipinski definition) is 1. The van der Waals surface area contributed by atoms with Crippen molar-refractivity contribution in [2.75, 3.05) is 39.5 Å². The highest BCUT2D eigenvalue weighted by Gasteiger charge is 2.29. The van der Waals surface area contributed by atoms with E-state index in [9.17, 15) is 9.18 Å². The van der Waals surface area contributed by atoms with E-state index in [4.69, 9.17) is 25.8 Å². The molecular formula is C24H26ClFN2O4. The summed E-state index contributed by atoms with van der Waals surface area (Å²) in [6.07, 6.45) is 3.17. The van der Waals surface area contributed by atoms with Gasteiger partial charge in [-0.2, -0.15) is 0 Å². The average Bonchev–Trinajstić information content (AvgIpc) is 2.79. The maximum absolute atomic E-state index is 14.7. The van der Waals surface area contributed by atoms with Gasteiger partial charge in [0.2, 0.25) is 5.91 Å². The van der Waals surface area contributed by atoms with E-state index in [1.54, 1.807) is 18.2 Å². The molecule has 1 amide bonds. The van der Waals surface area contributed by atoms with Crippen molar-refractivity contribution in [2.24, 2.45) is 0 Å². The minimum absolute atomic E-state index is 0.0163. The summed E-state index contributed by atoms with van der Waals surface area (Å²) in [5.74, 6) is 0.693. The number of carbonyl (C=O) groups is 1. The Morgan fingerprint density at radius 2 is 2.06 bits per heavy atom.